The summed E-state index contributed by atoms with van der Waals surface area (Å²) in [6.45, 7) is 14.0. The van der Waals surface area contributed by atoms with E-state index in [1.54, 1.807) is 0 Å². The second-order valence-corrected chi connectivity index (χ2v) is 12.3. The van der Waals surface area contributed by atoms with Crippen molar-refractivity contribution in [1.29, 1.82) is 0 Å². The maximum atomic E-state index is 4.82. The molecule has 1 unspecified atom stereocenters. The minimum absolute atomic E-state index is 0.578. The number of likely N-dealkylation sites (tertiary alicyclic amines) is 1. The van der Waals surface area contributed by atoms with Gasteiger partial charge in [-0.3, -0.25) is 9.80 Å². The van der Waals surface area contributed by atoms with Crippen LogP contribution >= 0.6 is 0 Å². The zero-order valence-corrected chi connectivity index (χ0v) is 25.4. The molecule has 0 saturated carbocycles. The van der Waals surface area contributed by atoms with Gasteiger partial charge in [0.05, 0.1) is 0 Å². The van der Waals surface area contributed by atoms with Crippen LogP contribution in [-0.2, 0) is 19.6 Å². The topological polar surface area (TPSA) is 39.6 Å². The van der Waals surface area contributed by atoms with Crippen molar-refractivity contribution < 1.29 is 0 Å². The van der Waals surface area contributed by atoms with Crippen LogP contribution in [-0.4, -0.2) is 77.6 Å². The Labute approximate surface area is 251 Å². The average Bonchev–Trinajstić information content (AvgIpc) is 3.28. The normalized spacial score (nSPS) is 19.1. The molecule has 6 heteroatoms. The molecule has 0 amide bonds. The van der Waals surface area contributed by atoms with Crippen LogP contribution in [0.4, 0.5) is 0 Å². The summed E-state index contributed by atoms with van der Waals surface area (Å²) in [6, 6.07) is 22.6. The van der Waals surface area contributed by atoms with Crippen LogP contribution < -0.4 is 5.32 Å². The van der Waals surface area contributed by atoms with E-state index in [9.17, 15) is 0 Å². The van der Waals surface area contributed by atoms with Gasteiger partial charge in [-0.15, -0.1) is 0 Å². The quantitative estimate of drug-likeness (QED) is 0.280. The molecule has 4 heterocycles. The van der Waals surface area contributed by atoms with Gasteiger partial charge in [0, 0.05) is 76.3 Å². The summed E-state index contributed by atoms with van der Waals surface area (Å²) in [6.07, 6.45) is 7.89. The summed E-state index contributed by atoms with van der Waals surface area (Å²) in [7, 11) is 4.13. The van der Waals surface area contributed by atoms with Crippen LogP contribution in [0.3, 0.4) is 0 Å². The average molecular weight is 563 g/mol. The number of rotatable bonds is 9. The highest BCUT2D eigenvalue weighted by Gasteiger charge is 2.22. The summed E-state index contributed by atoms with van der Waals surface area (Å²) >= 11 is 0. The molecule has 6 rings (SSSR count). The monoisotopic (exact) mass is 562 g/mol. The number of piperazine rings is 1. The van der Waals surface area contributed by atoms with Crippen molar-refractivity contribution in [2.45, 2.75) is 44.8 Å². The SMILES string of the molecule is C=C(NC)c1ccc(Cn2ccc3c(C4CCCN(Cc5ccc(CN6CCN(C)CC6)cc5)CC4)ccnc32)cc1. The van der Waals surface area contributed by atoms with Gasteiger partial charge in [-0.2, -0.15) is 0 Å². The molecule has 4 aromatic rings. The number of benzene rings is 2. The lowest BCUT2D eigenvalue weighted by molar-refractivity contribution is 0.148. The first-order valence-corrected chi connectivity index (χ1v) is 15.7. The van der Waals surface area contributed by atoms with E-state index in [0.717, 1.165) is 43.1 Å². The van der Waals surface area contributed by atoms with Gasteiger partial charge in [-0.05, 0) is 85.3 Å². The Bertz CT molecular complexity index is 1460. The van der Waals surface area contributed by atoms with E-state index in [1.165, 1.54) is 79.6 Å². The van der Waals surface area contributed by atoms with Crippen molar-refractivity contribution >= 4 is 16.7 Å². The molecule has 2 saturated heterocycles. The number of aromatic nitrogens is 2. The second-order valence-electron chi connectivity index (χ2n) is 12.3. The lowest BCUT2D eigenvalue weighted by atomic mass is 9.91. The van der Waals surface area contributed by atoms with Gasteiger partial charge in [-0.1, -0.05) is 55.1 Å². The third-order valence-corrected chi connectivity index (χ3v) is 9.34. The lowest BCUT2D eigenvalue weighted by Gasteiger charge is -2.32. The fourth-order valence-electron chi connectivity index (χ4n) is 6.64. The number of hydrogen-bond donors (Lipinski definition) is 1. The van der Waals surface area contributed by atoms with E-state index in [4.69, 9.17) is 4.98 Å². The summed E-state index contributed by atoms with van der Waals surface area (Å²) < 4.78 is 2.29. The van der Waals surface area contributed by atoms with E-state index < -0.39 is 0 Å². The molecule has 2 aliphatic rings. The summed E-state index contributed by atoms with van der Waals surface area (Å²) in [4.78, 5) is 12.5. The van der Waals surface area contributed by atoms with Gasteiger partial charge in [0.1, 0.15) is 5.65 Å². The highest BCUT2D eigenvalue weighted by atomic mass is 15.2. The van der Waals surface area contributed by atoms with Crippen LogP contribution in [0.15, 0.2) is 79.6 Å². The first kappa shape index (κ1) is 28.7. The highest BCUT2D eigenvalue weighted by Crippen LogP contribution is 2.33. The highest BCUT2D eigenvalue weighted by molar-refractivity contribution is 5.80. The summed E-state index contributed by atoms with van der Waals surface area (Å²) in [5, 5.41) is 4.44. The Morgan fingerprint density at radius 3 is 2.12 bits per heavy atom. The molecule has 2 aromatic carbocycles. The van der Waals surface area contributed by atoms with E-state index in [0.29, 0.717) is 5.92 Å². The first-order chi connectivity index (χ1) is 20.6. The number of hydrogen-bond acceptors (Lipinski definition) is 5. The molecular weight excluding hydrogens is 516 g/mol. The maximum absolute atomic E-state index is 4.82. The van der Waals surface area contributed by atoms with Gasteiger partial charge in [0.2, 0.25) is 0 Å². The first-order valence-electron chi connectivity index (χ1n) is 15.7. The molecule has 220 valence electrons. The van der Waals surface area contributed by atoms with Crippen molar-refractivity contribution in [3.63, 3.8) is 0 Å². The number of pyridine rings is 1. The molecule has 0 bridgehead atoms. The Hall–Kier alpha value is -3.45. The van der Waals surface area contributed by atoms with Crippen molar-refractivity contribution in [3.05, 3.63) is 107 Å². The molecule has 1 atom stereocenters. The molecule has 2 aliphatic heterocycles. The van der Waals surface area contributed by atoms with Gasteiger partial charge in [0.25, 0.3) is 0 Å². The predicted octanol–water partition coefficient (Wildman–Crippen LogP) is 5.79. The van der Waals surface area contributed by atoms with Crippen LogP contribution in [0, 0.1) is 0 Å². The van der Waals surface area contributed by atoms with Crippen molar-refractivity contribution in [2.24, 2.45) is 0 Å². The molecule has 2 fully saturated rings. The Morgan fingerprint density at radius 2 is 1.43 bits per heavy atom. The lowest BCUT2D eigenvalue weighted by Crippen LogP contribution is -2.43. The smallest absolute Gasteiger partial charge is 0.140 e. The Kier molecular flexibility index (Phi) is 9.04. The molecule has 1 N–H and O–H groups in total. The zero-order chi connectivity index (χ0) is 28.9. The molecule has 0 radical (unpaired) electrons. The fraction of sp³-hybridized carbons (Fsp3) is 0.417. The Balaban J connectivity index is 1.06. The van der Waals surface area contributed by atoms with Crippen molar-refractivity contribution in [1.82, 2.24) is 29.6 Å². The van der Waals surface area contributed by atoms with Crippen LogP contribution in [0.5, 0.6) is 0 Å². The van der Waals surface area contributed by atoms with E-state index in [-0.39, 0.29) is 0 Å². The number of nitrogens with zero attached hydrogens (tertiary/aromatic N) is 5. The van der Waals surface area contributed by atoms with E-state index in [1.807, 2.05) is 13.2 Å². The molecule has 0 spiro atoms. The van der Waals surface area contributed by atoms with Crippen LogP contribution in [0.1, 0.15) is 53.0 Å². The zero-order valence-electron chi connectivity index (χ0n) is 25.4. The number of likely N-dealkylation sites (N-methyl/N-ethyl adjacent to an activating group) is 1. The van der Waals surface area contributed by atoms with Crippen molar-refractivity contribution in [2.75, 3.05) is 53.4 Å². The minimum Gasteiger partial charge on any atom is -0.388 e. The van der Waals surface area contributed by atoms with Gasteiger partial charge < -0.3 is 14.8 Å². The van der Waals surface area contributed by atoms with Crippen molar-refractivity contribution in [3.8, 4) is 0 Å². The molecule has 0 aliphatic carbocycles. The third kappa shape index (κ3) is 6.78. The van der Waals surface area contributed by atoms with Gasteiger partial charge >= 0.3 is 0 Å². The minimum atomic E-state index is 0.578. The second kappa shape index (κ2) is 13.2. The van der Waals surface area contributed by atoms with Gasteiger partial charge in [-0.25, -0.2) is 4.98 Å². The summed E-state index contributed by atoms with van der Waals surface area (Å²) in [5.41, 5.74) is 8.76. The Morgan fingerprint density at radius 1 is 0.786 bits per heavy atom. The fourth-order valence-corrected chi connectivity index (χ4v) is 6.64. The molecule has 2 aromatic heterocycles. The molecular formula is C36H46N6. The van der Waals surface area contributed by atoms with Crippen LogP contribution in [0.25, 0.3) is 16.7 Å². The maximum Gasteiger partial charge on any atom is 0.140 e. The summed E-state index contributed by atoms with van der Waals surface area (Å²) in [5.74, 6) is 0.578. The van der Waals surface area contributed by atoms with E-state index >= 15 is 0 Å². The standard InChI is InChI=1S/C36H46N6/c1-28(37-2)32-12-10-31(11-13-32)27-42-20-16-35-34(14-17-38-36(35)42)33-5-4-18-40(19-15-33)25-29-6-8-30(9-7-29)26-41-23-21-39(3)22-24-41/h6-14,16-17,20,33,37H,1,4-5,15,18-19,21-27H2,2-3H3. The molecule has 6 nitrogen and oxygen atoms in total. The number of fused-ring (bicyclic) bond motifs is 1. The number of nitrogens with one attached hydrogen (secondary N) is 1. The largest absolute Gasteiger partial charge is 0.388 e. The van der Waals surface area contributed by atoms with Crippen LogP contribution in [0.2, 0.25) is 0 Å². The predicted molar refractivity (Wildman–Crippen MR) is 174 cm³/mol. The van der Waals surface area contributed by atoms with E-state index in [2.05, 4.69) is 105 Å². The third-order valence-electron chi connectivity index (χ3n) is 9.34. The molecule has 42 heavy (non-hydrogen) atoms. The van der Waals surface area contributed by atoms with Gasteiger partial charge in [0.15, 0.2) is 0 Å².